The molecule has 1 atom stereocenters. The van der Waals surface area contributed by atoms with Crippen LogP contribution in [0.5, 0.6) is 0 Å². The number of carbonyl (C=O) groups excluding carboxylic acids is 1. The summed E-state index contributed by atoms with van der Waals surface area (Å²) in [5.41, 5.74) is 1.66. The standard InChI is InChI=1S/C12H18N4O3S/c1-8-6-11(9(2)15-14-8)12(17)16-5-3-4-10(7-16)20(13,18)19/h6,10H,3-5,7H2,1-2H3,(H2,13,18,19). The normalized spacial score (nSPS) is 19.9. The van der Waals surface area contributed by atoms with Gasteiger partial charge in [0, 0.05) is 13.1 Å². The zero-order chi connectivity index (χ0) is 14.9. The molecule has 0 aliphatic carbocycles. The lowest BCUT2D eigenvalue weighted by molar-refractivity contribution is 0.0725. The monoisotopic (exact) mass is 298 g/mol. The van der Waals surface area contributed by atoms with Crippen molar-refractivity contribution in [2.24, 2.45) is 5.14 Å². The minimum Gasteiger partial charge on any atom is -0.337 e. The van der Waals surface area contributed by atoms with Crippen LogP contribution < -0.4 is 5.14 Å². The van der Waals surface area contributed by atoms with Crippen molar-refractivity contribution in [3.05, 3.63) is 23.0 Å². The van der Waals surface area contributed by atoms with Crippen molar-refractivity contribution in [3.63, 3.8) is 0 Å². The van der Waals surface area contributed by atoms with Gasteiger partial charge < -0.3 is 4.90 Å². The predicted octanol–water partition coefficient (Wildman–Crippen LogP) is -0.0135. The van der Waals surface area contributed by atoms with E-state index in [1.165, 1.54) is 4.90 Å². The summed E-state index contributed by atoms with van der Waals surface area (Å²) >= 11 is 0. The highest BCUT2D eigenvalue weighted by atomic mass is 32.2. The number of nitrogens with zero attached hydrogens (tertiary/aromatic N) is 3. The maximum absolute atomic E-state index is 12.5. The fraction of sp³-hybridized carbons (Fsp3) is 0.583. The van der Waals surface area contributed by atoms with E-state index in [0.717, 1.165) is 0 Å². The molecule has 2 rings (SSSR count). The van der Waals surface area contributed by atoms with Crippen molar-refractivity contribution in [2.45, 2.75) is 31.9 Å². The molecule has 1 amide bonds. The lowest BCUT2D eigenvalue weighted by Crippen LogP contribution is -2.47. The van der Waals surface area contributed by atoms with Gasteiger partial charge in [-0.3, -0.25) is 4.79 Å². The number of carbonyl (C=O) groups is 1. The molecule has 1 aliphatic heterocycles. The molecule has 1 aromatic rings. The smallest absolute Gasteiger partial charge is 0.255 e. The molecule has 1 aromatic heterocycles. The Labute approximate surface area is 118 Å². The fourth-order valence-corrected chi connectivity index (χ4v) is 3.21. The molecular weight excluding hydrogens is 280 g/mol. The molecule has 0 radical (unpaired) electrons. The number of rotatable bonds is 2. The summed E-state index contributed by atoms with van der Waals surface area (Å²) in [4.78, 5) is 14.0. The van der Waals surface area contributed by atoms with Gasteiger partial charge in [-0.05, 0) is 32.8 Å². The highest BCUT2D eigenvalue weighted by Crippen LogP contribution is 2.18. The molecule has 0 spiro atoms. The van der Waals surface area contributed by atoms with Crippen molar-refractivity contribution >= 4 is 15.9 Å². The van der Waals surface area contributed by atoms with E-state index in [0.29, 0.717) is 36.3 Å². The van der Waals surface area contributed by atoms with Gasteiger partial charge >= 0.3 is 0 Å². The molecule has 110 valence electrons. The first kappa shape index (κ1) is 14.9. The van der Waals surface area contributed by atoms with Crippen molar-refractivity contribution in [1.82, 2.24) is 15.1 Å². The summed E-state index contributed by atoms with van der Waals surface area (Å²) in [5, 5.41) is 12.3. The second-order valence-corrected chi connectivity index (χ2v) is 6.93. The van der Waals surface area contributed by atoms with Gasteiger partial charge in [0.05, 0.1) is 22.2 Å². The number of piperidine rings is 1. The molecule has 0 aromatic carbocycles. The van der Waals surface area contributed by atoms with E-state index in [4.69, 9.17) is 5.14 Å². The number of primary sulfonamides is 1. The predicted molar refractivity (Wildman–Crippen MR) is 73.5 cm³/mol. The lowest BCUT2D eigenvalue weighted by atomic mass is 10.1. The molecule has 0 saturated carbocycles. The largest absolute Gasteiger partial charge is 0.337 e. The molecule has 7 nitrogen and oxygen atoms in total. The number of aryl methyl sites for hydroxylation is 2. The maximum Gasteiger partial charge on any atom is 0.255 e. The maximum atomic E-state index is 12.5. The van der Waals surface area contributed by atoms with Crippen LogP contribution in [0.2, 0.25) is 0 Å². The molecule has 2 heterocycles. The number of nitrogens with two attached hydrogens (primary N) is 1. The van der Waals surface area contributed by atoms with E-state index < -0.39 is 15.3 Å². The molecular formula is C12H18N4O3S. The number of likely N-dealkylation sites (tertiary alicyclic amines) is 1. The van der Waals surface area contributed by atoms with Crippen LogP contribution >= 0.6 is 0 Å². The molecule has 1 saturated heterocycles. The van der Waals surface area contributed by atoms with Crippen LogP contribution in [0.25, 0.3) is 0 Å². The Kier molecular flexibility index (Phi) is 4.05. The summed E-state index contributed by atoms with van der Waals surface area (Å²) < 4.78 is 22.9. The summed E-state index contributed by atoms with van der Waals surface area (Å²) in [7, 11) is -3.61. The van der Waals surface area contributed by atoms with E-state index in [2.05, 4.69) is 10.2 Å². The van der Waals surface area contributed by atoms with Crippen LogP contribution in [-0.4, -0.2) is 47.8 Å². The second-order valence-electron chi connectivity index (χ2n) is 5.09. The van der Waals surface area contributed by atoms with Crippen molar-refractivity contribution in [3.8, 4) is 0 Å². The third-order valence-electron chi connectivity index (χ3n) is 3.46. The summed E-state index contributed by atoms with van der Waals surface area (Å²) in [6, 6.07) is 1.67. The lowest BCUT2D eigenvalue weighted by Gasteiger charge is -2.31. The third kappa shape index (κ3) is 3.13. The van der Waals surface area contributed by atoms with Gasteiger partial charge in [-0.1, -0.05) is 0 Å². The SMILES string of the molecule is Cc1cc(C(=O)N2CCCC(S(N)(=O)=O)C2)c(C)nn1. The summed E-state index contributed by atoms with van der Waals surface area (Å²) in [6.07, 6.45) is 1.12. The van der Waals surface area contributed by atoms with Crippen LogP contribution in [0, 0.1) is 13.8 Å². The minimum absolute atomic E-state index is 0.137. The van der Waals surface area contributed by atoms with Crippen LogP contribution in [-0.2, 0) is 10.0 Å². The Balaban J connectivity index is 2.23. The van der Waals surface area contributed by atoms with E-state index in [1.807, 2.05) is 0 Å². The van der Waals surface area contributed by atoms with Crippen molar-refractivity contribution in [1.29, 1.82) is 0 Å². The Bertz CT molecular complexity index is 630. The number of aromatic nitrogens is 2. The molecule has 1 unspecified atom stereocenters. The summed E-state index contributed by atoms with van der Waals surface area (Å²) in [5.74, 6) is -0.214. The van der Waals surface area contributed by atoms with E-state index in [-0.39, 0.29) is 12.5 Å². The molecule has 1 aliphatic rings. The fourth-order valence-electron chi connectivity index (χ4n) is 2.33. The Morgan fingerprint density at radius 1 is 1.40 bits per heavy atom. The van der Waals surface area contributed by atoms with Gasteiger partial charge in [0.1, 0.15) is 0 Å². The molecule has 8 heteroatoms. The van der Waals surface area contributed by atoms with E-state index in [9.17, 15) is 13.2 Å². The van der Waals surface area contributed by atoms with Gasteiger partial charge in [0.25, 0.3) is 5.91 Å². The van der Waals surface area contributed by atoms with Crippen LogP contribution in [0.3, 0.4) is 0 Å². The van der Waals surface area contributed by atoms with E-state index >= 15 is 0 Å². The van der Waals surface area contributed by atoms with Crippen molar-refractivity contribution < 1.29 is 13.2 Å². The van der Waals surface area contributed by atoms with Crippen LogP contribution in [0.4, 0.5) is 0 Å². The first-order chi connectivity index (χ1) is 9.29. The second kappa shape index (κ2) is 5.45. The quantitative estimate of drug-likeness (QED) is 0.826. The Morgan fingerprint density at radius 2 is 2.10 bits per heavy atom. The van der Waals surface area contributed by atoms with Crippen molar-refractivity contribution in [2.75, 3.05) is 13.1 Å². The van der Waals surface area contributed by atoms with E-state index in [1.54, 1.807) is 19.9 Å². The number of hydrogen-bond acceptors (Lipinski definition) is 5. The van der Waals surface area contributed by atoms with Gasteiger partial charge in [-0.25, -0.2) is 13.6 Å². The first-order valence-corrected chi connectivity index (χ1v) is 8.02. The average Bonchev–Trinajstić information content (AvgIpc) is 2.40. The number of sulfonamides is 1. The zero-order valence-electron chi connectivity index (χ0n) is 11.5. The number of hydrogen-bond donors (Lipinski definition) is 1. The van der Waals surface area contributed by atoms with Crippen LogP contribution in [0.1, 0.15) is 34.6 Å². The van der Waals surface area contributed by atoms with Gasteiger partial charge in [0.15, 0.2) is 0 Å². The highest BCUT2D eigenvalue weighted by Gasteiger charge is 2.31. The molecule has 20 heavy (non-hydrogen) atoms. The topological polar surface area (TPSA) is 106 Å². The van der Waals surface area contributed by atoms with Crippen LogP contribution in [0.15, 0.2) is 6.07 Å². The number of amides is 1. The molecule has 1 fully saturated rings. The highest BCUT2D eigenvalue weighted by molar-refractivity contribution is 7.89. The van der Waals surface area contributed by atoms with Gasteiger partial charge in [-0.2, -0.15) is 10.2 Å². The minimum atomic E-state index is -3.61. The third-order valence-corrected chi connectivity index (χ3v) is 4.78. The average molecular weight is 298 g/mol. The Morgan fingerprint density at radius 3 is 2.75 bits per heavy atom. The molecule has 2 N–H and O–H groups in total. The molecule has 0 bridgehead atoms. The Hall–Kier alpha value is -1.54. The van der Waals surface area contributed by atoms with Gasteiger partial charge in [0.2, 0.25) is 10.0 Å². The van der Waals surface area contributed by atoms with Gasteiger partial charge in [-0.15, -0.1) is 0 Å². The first-order valence-electron chi connectivity index (χ1n) is 6.41. The summed E-state index contributed by atoms with van der Waals surface area (Å²) in [6.45, 7) is 4.14. The zero-order valence-corrected chi connectivity index (χ0v) is 12.4.